The van der Waals surface area contributed by atoms with Crippen molar-refractivity contribution in [2.45, 2.75) is 26.2 Å². The predicted octanol–water partition coefficient (Wildman–Crippen LogP) is 4.67. The molecule has 4 aromatic rings. The Hall–Kier alpha value is -3.50. The lowest BCUT2D eigenvalue weighted by Crippen LogP contribution is -2.33. The highest BCUT2D eigenvalue weighted by molar-refractivity contribution is 7.19. The van der Waals surface area contributed by atoms with Crippen molar-refractivity contribution in [1.29, 1.82) is 5.26 Å². The molecule has 0 spiro atoms. The number of aromatic nitrogens is 3. The molecule has 154 valence electrons. The first-order valence-electron chi connectivity index (χ1n) is 10.4. The largest absolute Gasteiger partial charge is 0.356 e. The minimum atomic E-state index is -0.164. The third-order valence-corrected chi connectivity index (χ3v) is 6.72. The van der Waals surface area contributed by atoms with Gasteiger partial charge >= 0.3 is 0 Å². The first-order chi connectivity index (χ1) is 15.2. The summed E-state index contributed by atoms with van der Waals surface area (Å²) in [6.45, 7) is 3.68. The maximum atomic E-state index is 13.5. The van der Waals surface area contributed by atoms with Crippen LogP contribution in [0.4, 0.5) is 5.82 Å². The highest BCUT2D eigenvalue weighted by atomic mass is 32.1. The maximum absolute atomic E-state index is 13.5. The van der Waals surface area contributed by atoms with E-state index in [1.54, 1.807) is 16.7 Å². The van der Waals surface area contributed by atoms with Crippen molar-refractivity contribution in [3.05, 3.63) is 69.1 Å². The normalized spacial score (nSPS) is 14.8. The molecule has 3 aromatic heterocycles. The van der Waals surface area contributed by atoms with Gasteiger partial charge in [-0.05, 0) is 56.0 Å². The van der Waals surface area contributed by atoms with Gasteiger partial charge in [0.15, 0.2) is 0 Å². The summed E-state index contributed by atoms with van der Waals surface area (Å²) in [6.07, 6.45) is 6.73. The lowest BCUT2D eigenvalue weighted by Gasteiger charge is -2.29. The van der Waals surface area contributed by atoms with Gasteiger partial charge in [-0.3, -0.25) is 9.20 Å². The van der Waals surface area contributed by atoms with Crippen LogP contribution >= 0.6 is 11.3 Å². The van der Waals surface area contributed by atoms with E-state index in [0.29, 0.717) is 27.6 Å². The molecule has 1 aromatic carbocycles. The fourth-order valence-corrected chi connectivity index (χ4v) is 4.98. The maximum Gasteiger partial charge on any atom is 0.267 e. The topological polar surface area (TPSA) is 74.3 Å². The third kappa shape index (κ3) is 3.49. The van der Waals surface area contributed by atoms with Gasteiger partial charge in [-0.15, -0.1) is 11.3 Å². The van der Waals surface area contributed by atoms with E-state index in [9.17, 15) is 10.1 Å². The van der Waals surface area contributed by atoms with Crippen LogP contribution in [-0.2, 0) is 0 Å². The average Bonchev–Trinajstić information content (AvgIpc) is 3.23. The Bertz CT molecular complexity index is 1390. The molecule has 0 saturated carbocycles. The molecule has 1 aliphatic rings. The number of anilines is 1. The smallest absolute Gasteiger partial charge is 0.267 e. The molecule has 1 aliphatic heterocycles. The van der Waals surface area contributed by atoms with Crippen LogP contribution in [0.1, 0.15) is 35.4 Å². The fraction of sp³-hybridized carbons (Fsp3) is 0.250. The molecule has 1 saturated heterocycles. The molecular formula is C24H21N5OS. The van der Waals surface area contributed by atoms with Gasteiger partial charge in [0.2, 0.25) is 0 Å². The molecule has 0 radical (unpaired) electrons. The van der Waals surface area contributed by atoms with Crippen LogP contribution in [0.5, 0.6) is 0 Å². The molecule has 7 heteroatoms. The van der Waals surface area contributed by atoms with Gasteiger partial charge in [0.25, 0.3) is 5.56 Å². The van der Waals surface area contributed by atoms with Gasteiger partial charge in [0, 0.05) is 19.3 Å². The number of nitrogens with zero attached hydrogens (tertiary/aromatic N) is 5. The summed E-state index contributed by atoms with van der Waals surface area (Å²) < 4.78 is 2.58. The Balaban J connectivity index is 1.74. The van der Waals surface area contributed by atoms with Crippen molar-refractivity contribution >= 4 is 44.7 Å². The molecule has 0 N–H and O–H groups in total. The highest BCUT2D eigenvalue weighted by Crippen LogP contribution is 2.30. The molecule has 0 atom stereocenters. The van der Waals surface area contributed by atoms with Crippen molar-refractivity contribution in [1.82, 2.24) is 14.4 Å². The van der Waals surface area contributed by atoms with Crippen LogP contribution in [0.2, 0.25) is 0 Å². The number of thiazole rings is 1. The summed E-state index contributed by atoms with van der Waals surface area (Å²) in [7, 11) is 0. The predicted molar refractivity (Wildman–Crippen MR) is 125 cm³/mol. The van der Waals surface area contributed by atoms with Crippen LogP contribution in [-0.4, -0.2) is 27.5 Å². The molecule has 0 unspecified atom stereocenters. The number of benzene rings is 1. The minimum absolute atomic E-state index is 0.164. The van der Waals surface area contributed by atoms with E-state index in [2.05, 4.69) is 16.0 Å². The van der Waals surface area contributed by atoms with E-state index in [1.807, 2.05) is 43.3 Å². The Morgan fingerprint density at radius 3 is 2.71 bits per heavy atom. The highest BCUT2D eigenvalue weighted by Gasteiger charge is 2.21. The summed E-state index contributed by atoms with van der Waals surface area (Å²) in [6, 6.07) is 13.9. The summed E-state index contributed by atoms with van der Waals surface area (Å²) in [4.78, 5) is 25.2. The second-order valence-corrected chi connectivity index (χ2v) is 8.77. The van der Waals surface area contributed by atoms with Gasteiger partial charge < -0.3 is 4.90 Å². The molecular weight excluding hydrogens is 406 g/mol. The van der Waals surface area contributed by atoms with Crippen LogP contribution in [0.3, 0.4) is 0 Å². The zero-order valence-corrected chi connectivity index (χ0v) is 18.0. The number of rotatable bonds is 3. The Kier molecular flexibility index (Phi) is 5.00. The minimum Gasteiger partial charge on any atom is -0.356 e. The van der Waals surface area contributed by atoms with Crippen LogP contribution in [0.15, 0.2) is 47.4 Å². The number of allylic oxidation sites excluding steroid dienone is 1. The van der Waals surface area contributed by atoms with E-state index in [-0.39, 0.29) is 5.56 Å². The van der Waals surface area contributed by atoms with Crippen molar-refractivity contribution in [3.8, 4) is 6.07 Å². The molecule has 0 amide bonds. The van der Waals surface area contributed by atoms with Gasteiger partial charge in [0.05, 0.1) is 21.4 Å². The van der Waals surface area contributed by atoms with E-state index in [1.165, 1.54) is 17.8 Å². The molecule has 31 heavy (non-hydrogen) atoms. The summed E-state index contributed by atoms with van der Waals surface area (Å²) >= 11 is 1.46. The van der Waals surface area contributed by atoms with Crippen molar-refractivity contribution in [2.24, 2.45) is 0 Å². The van der Waals surface area contributed by atoms with Gasteiger partial charge in [0.1, 0.15) is 22.5 Å². The first-order valence-corrected chi connectivity index (χ1v) is 11.2. The van der Waals surface area contributed by atoms with Crippen LogP contribution in [0.25, 0.3) is 27.5 Å². The van der Waals surface area contributed by atoms with E-state index in [0.717, 1.165) is 41.7 Å². The number of piperidine rings is 1. The number of fused-ring (bicyclic) bond motifs is 2. The molecule has 6 nitrogen and oxygen atoms in total. The number of hydrogen-bond acceptors (Lipinski definition) is 6. The molecule has 5 rings (SSSR count). The molecule has 0 bridgehead atoms. The Morgan fingerprint density at radius 2 is 1.94 bits per heavy atom. The summed E-state index contributed by atoms with van der Waals surface area (Å²) in [5.41, 5.74) is 3.11. The SMILES string of the molecule is Cc1cccn2c(=O)c(/C=C(\C#N)c3nc4ccccc4s3)c(N3CCCCC3)nc12. The number of pyridine rings is 1. The van der Waals surface area contributed by atoms with Crippen molar-refractivity contribution < 1.29 is 0 Å². The zero-order chi connectivity index (χ0) is 21.4. The van der Waals surface area contributed by atoms with E-state index >= 15 is 0 Å². The quantitative estimate of drug-likeness (QED) is 0.444. The average molecular weight is 428 g/mol. The third-order valence-electron chi connectivity index (χ3n) is 5.65. The second kappa shape index (κ2) is 7.97. The fourth-order valence-electron chi connectivity index (χ4n) is 4.05. The summed E-state index contributed by atoms with van der Waals surface area (Å²) in [5.74, 6) is 0.660. The zero-order valence-electron chi connectivity index (χ0n) is 17.2. The standard InChI is InChI=1S/C24H21N5OS/c1-16-8-7-13-29-21(16)27-22(28-11-5-2-6-12-28)18(24(29)30)14-17(15-25)23-26-19-9-3-4-10-20(19)31-23/h3-4,7-10,13-14H,2,5-6,11-12H2,1H3/b17-14+. The van der Waals surface area contributed by atoms with Gasteiger partial charge in [-0.2, -0.15) is 5.26 Å². The van der Waals surface area contributed by atoms with Crippen molar-refractivity contribution in [3.63, 3.8) is 0 Å². The monoisotopic (exact) mass is 427 g/mol. The van der Waals surface area contributed by atoms with Gasteiger partial charge in [-0.1, -0.05) is 18.2 Å². The molecule has 1 fully saturated rings. The Labute approximate surface area is 183 Å². The number of aryl methyl sites for hydroxylation is 1. The number of nitriles is 1. The molecule has 4 heterocycles. The van der Waals surface area contributed by atoms with Crippen LogP contribution < -0.4 is 10.5 Å². The van der Waals surface area contributed by atoms with E-state index in [4.69, 9.17) is 4.98 Å². The number of para-hydroxylation sites is 1. The lowest BCUT2D eigenvalue weighted by molar-refractivity contribution is 0.573. The lowest BCUT2D eigenvalue weighted by atomic mass is 10.1. The summed E-state index contributed by atoms with van der Waals surface area (Å²) in [5, 5.41) is 10.5. The second-order valence-electron chi connectivity index (χ2n) is 7.74. The van der Waals surface area contributed by atoms with Gasteiger partial charge in [-0.25, -0.2) is 9.97 Å². The van der Waals surface area contributed by atoms with Crippen LogP contribution in [0, 0.1) is 18.3 Å². The number of hydrogen-bond donors (Lipinski definition) is 0. The van der Waals surface area contributed by atoms with Crippen molar-refractivity contribution in [2.75, 3.05) is 18.0 Å². The first kappa shape index (κ1) is 19.5. The Morgan fingerprint density at radius 1 is 1.13 bits per heavy atom. The molecule has 0 aliphatic carbocycles. The van der Waals surface area contributed by atoms with E-state index < -0.39 is 0 Å².